The molecular formula is C10H5ClN2S. The number of aromatic nitrogens is 2. The molecule has 0 saturated carbocycles. The van der Waals surface area contributed by atoms with Gasteiger partial charge in [-0.05, 0) is 6.07 Å². The summed E-state index contributed by atoms with van der Waals surface area (Å²) in [6.45, 7) is 0. The van der Waals surface area contributed by atoms with Gasteiger partial charge in [0.15, 0.2) is 5.15 Å². The molecule has 0 spiro atoms. The minimum absolute atomic E-state index is 0.486. The highest BCUT2D eigenvalue weighted by Crippen LogP contribution is 2.30. The van der Waals surface area contributed by atoms with Crippen molar-refractivity contribution in [3.63, 3.8) is 0 Å². The summed E-state index contributed by atoms with van der Waals surface area (Å²) >= 11 is 7.61. The van der Waals surface area contributed by atoms with Crippen LogP contribution in [-0.2, 0) is 0 Å². The molecule has 4 heteroatoms. The van der Waals surface area contributed by atoms with Crippen molar-refractivity contribution in [1.29, 1.82) is 0 Å². The van der Waals surface area contributed by atoms with Crippen LogP contribution in [0.4, 0.5) is 0 Å². The largest absolute Gasteiger partial charge is 0.241 e. The van der Waals surface area contributed by atoms with Gasteiger partial charge in [0.05, 0.1) is 15.7 Å². The van der Waals surface area contributed by atoms with Crippen LogP contribution in [0.5, 0.6) is 0 Å². The Hall–Kier alpha value is -1.19. The van der Waals surface area contributed by atoms with Gasteiger partial charge < -0.3 is 0 Å². The van der Waals surface area contributed by atoms with Crippen LogP contribution in [0.3, 0.4) is 0 Å². The van der Waals surface area contributed by atoms with Crippen LogP contribution in [0.15, 0.2) is 29.8 Å². The number of nitrogens with zero attached hydrogens (tertiary/aromatic N) is 2. The second-order valence-electron chi connectivity index (χ2n) is 2.95. The molecule has 68 valence electrons. The molecule has 2 heterocycles. The maximum atomic E-state index is 6.01. The van der Waals surface area contributed by atoms with Crippen molar-refractivity contribution in [2.75, 3.05) is 0 Å². The summed E-state index contributed by atoms with van der Waals surface area (Å²) in [5.74, 6) is 0. The fourth-order valence-corrected chi connectivity index (χ4v) is 2.62. The van der Waals surface area contributed by atoms with Gasteiger partial charge in [0.1, 0.15) is 5.52 Å². The predicted octanol–water partition coefficient (Wildman–Crippen LogP) is 3.50. The Balaban J connectivity index is 2.66. The quantitative estimate of drug-likeness (QED) is 0.542. The summed E-state index contributed by atoms with van der Waals surface area (Å²) in [5, 5.41) is 1.61. The van der Waals surface area contributed by atoms with Crippen molar-refractivity contribution in [2.24, 2.45) is 0 Å². The van der Waals surface area contributed by atoms with E-state index in [1.165, 1.54) is 0 Å². The number of benzene rings is 1. The van der Waals surface area contributed by atoms with Crippen molar-refractivity contribution in [3.05, 3.63) is 34.9 Å². The molecule has 0 aliphatic rings. The third-order valence-electron chi connectivity index (χ3n) is 2.13. The van der Waals surface area contributed by atoms with Crippen LogP contribution >= 0.6 is 22.9 Å². The summed E-state index contributed by atoms with van der Waals surface area (Å²) in [6, 6.07) is 7.95. The third-order valence-corrected chi connectivity index (χ3v) is 3.25. The van der Waals surface area contributed by atoms with Crippen molar-refractivity contribution in [2.45, 2.75) is 0 Å². The molecule has 0 N–H and O–H groups in total. The predicted molar refractivity (Wildman–Crippen MR) is 59.9 cm³/mol. The van der Waals surface area contributed by atoms with Crippen molar-refractivity contribution >= 4 is 44.1 Å². The van der Waals surface area contributed by atoms with Gasteiger partial charge in [-0.15, -0.1) is 11.3 Å². The zero-order valence-corrected chi connectivity index (χ0v) is 8.64. The van der Waals surface area contributed by atoms with Gasteiger partial charge in [-0.25, -0.2) is 9.97 Å². The number of para-hydroxylation sites is 1. The Bertz CT molecular complexity index is 618. The number of hydrogen-bond donors (Lipinski definition) is 0. The van der Waals surface area contributed by atoms with E-state index in [-0.39, 0.29) is 0 Å². The average Bonchev–Trinajstić information content (AvgIpc) is 2.67. The molecule has 0 saturated heterocycles. The standard InChI is InChI=1S/C10H5ClN2S/c11-10-8-9(14-5-12-8)6-3-1-2-4-7(6)13-10/h1-5H. The molecule has 2 aromatic heterocycles. The van der Waals surface area contributed by atoms with Crippen molar-refractivity contribution in [1.82, 2.24) is 9.97 Å². The molecule has 14 heavy (non-hydrogen) atoms. The van der Waals surface area contributed by atoms with E-state index < -0.39 is 0 Å². The number of pyridine rings is 1. The second kappa shape index (κ2) is 2.90. The Kier molecular flexibility index (Phi) is 1.69. The van der Waals surface area contributed by atoms with Crippen LogP contribution < -0.4 is 0 Å². The molecule has 0 aliphatic carbocycles. The molecule has 0 aliphatic heterocycles. The molecule has 0 amide bonds. The maximum absolute atomic E-state index is 6.01. The van der Waals surface area contributed by atoms with Crippen LogP contribution in [0.2, 0.25) is 5.15 Å². The van der Waals surface area contributed by atoms with Gasteiger partial charge >= 0.3 is 0 Å². The Morgan fingerprint density at radius 2 is 2.07 bits per heavy atom. The Morgan fingerprint density at radius 3 is 3.00 bits per heavy atom. The molecule has 0 unspecified atom stereocenters. The summed E-state index contributed by atoms with van der Waals surface area (Å²) < 4.78 is 1.11. The maximum Gasteiger partial charge on any atom is 0.156 e. The number of thiazole rings is 1. The number of halogens is 1. The lowest BCUT2D eigenvalue weighted by Gasteiger charge is -1.98. The molecule has 0 fully saturated rings. The summed E-state index contributed by atoms with van der Waals surface area (Å²) in [7, 11) is 0. The molecule has 1 aromatic carbocycles. The fraction of sp³-hybridized carbons (Fsp3) is 0. The smallest absolute Gasteiger partial charge is 0.156 e. The highest BCUT2D eigenvalue weighted by atomic mass is 35.5. The van der Waals surface area contributed by atoms with Gasteiger partial charge in [-0.3, -0.25) is 0 Å². The lowest BCUT2D eigenvalue weighted by molar-refractivity contribution is 1.40. The first-order chi connectivity index (χ1) is 6.86. The average molecular weight is 221 g/mol. The van der Waals surface area contributed by atoms with E-state index in [0.29, 0.717) is 5.15 Å². The topological polar surface area (TPSA) is 25.8 Å². The van der Waals surface area contributed by atoms with Crippen LogP contribution in [0.25, 0.3) is 21.1 Å². The lowest BCUT2D eigenvalue weighted by atomic mass is 10.2. The summed E-state index contributed by atoms with van der Waals surface area (Å²) in [6.07, 6.45) is 0. The molecule has 0 radical (unpaired) electrons. The third kappa shape index (κ3) is 1.03. The van der Waals surface area contributed by atoms with Gasteiger partial charge in [0.25, 0.3) is 0 Å². The first-order valence-corrected chi connectivity index (χ1v) is 5.39. The van der Waals surface area contributed by atoms with Gasteiger partial charge in [0.2, 0.25) is 0 Å². The highest BCUT2D eigenvalue weighted by Gasteiger charge is 2.07. The van der Waals surface area contributed by atoms with Crippen LogP contribution in [0.1, 0.15) is 0 Å². The first-order valence-electron chi connectivity index (χ1n) is 4.14. The van der Waals surface area contributed by atoms with Crippen molar-refractivity contribution in [3.8, 4) is 0 Å². The van der Waals surface area contributed by atoms with Crippen LogP contribution in [-0.4, -0.2) is 9.97 Å². The zero-order valence-electron chi connectivity index (χ0n) is 7.07. The van der Waals surface area contributed by atoms with Gasteiger partial charge in [-0.1, -0.05) is 29.8 Å². The number of rotatable bonds is 0. The molecule has 0 bridgehead atoms. The Morgan fingerprint density at radius 1 is 1.21 bits per heavy atom. The van der Waals surface area contributed by atoms with Gasteiger partial charge in [0, 0.05) is 5.39 Å². The van der Waals surface area contributed by atoms with Gasteiger partial charge in [-0.2, -0.15) is 0 Å². The minimum Gasteiger partial charge on any atom is -0.241 e. The number of hydrogen-bond acceptors (Lipinski definition) is 3. The molecule has 3 aromatic rings. The summed E-state index contributed by atoms with van der Waals surface area (Å²) in [4.78, 5) is 8.48. The van der Waals surface area contributed by atoms with Crippen LogP contribution in [0, 0.1) is 0 Å². The molecular weight excluding hydrogens is 216 g/mol. The second-order valence-corrected chi connectivity index (χ2v) is 4.16. The SMILES string of the molecule is Clc1nc2ccccc2c2scnc12. The summed E-state index contributed by atoms with van der Waals surface area (Å²) in [5.41, 5.74) is 3.52. The Labute approximate surface area is 89.2 Å². The van der Waals surface area contributed by atoms with E-state index in [0.717, 1.165) is 21.1 Å². The minimum atomic E-state index is 0.486. The zero-order chi connectivity index (χ0) is 9.54. The molecule has 2 nitrogen and oxygen atoms in total. The van der Waals surface area contributed by atoms with E-state index in [4.69, 9.17) is 11.6 Å². The van der Waals surface area contributed by atoms with E-state index in [2.05, 4.69) is 9.97 Å². The molecule has 0 atom stereocenters. The van der Waals surface area contributed by atoms with Crippen molar-refractivity contribution < 1.29 is 0 Å². The first kappa shape index (κ1) is 8.15. The van der Waals surface area contributed by atoms with E-state index in [1.807, 2.05) is 24.3 Å². The highest BCUT2D eigenvalue weighted by molar-refractivity contribution is 7.17. The normalized spacial score (nSPS) is 11.2. The lowest BCUT2D eigenvalue weighted by Crippen LogP contribution is -1.81. The monoisotopic (exact) mass is 220 g/mol. The number of fused-ring (bicyclic) bond motifs is 3. The van der Waals surface area contributed by atoms with E-state index in [1.54, 1.807) is 16.8 Å². The van der Waals surface area contributed by atoms with E-state index in [9.17, 15) is 0 Å². The fourth-order valence-electron chi connectivity index (χ4n) is 1.51. The van der Waals surface area contributed by atoms with E-state index >= 15 is 0 Å². The molecule has 3 rings (SSSR count).